The van der Waals surface area contributed by atoms with Gasteiger partial charge in [0.05, 0.1) is 12.1 Å². The van der Waals surface area contributed by atoms with Gasteiger partial charge in [0.1, 0.15) is 5.56 Å². The highest BCUT2D eigenvalue weighted by atomic mass is 35.5. The number of carbonyl (C=O) groups is 1. The molecule has 16 heavy (non-hydrogen) atoms. The van der Waals surface area contributed by atoms with E-state index in [-0.39, 0.29) is 17.0 Å². The summed E-state index contributed by atoms with van der Waals surface area (Å²) in [6.45, 7) is 2.02. The van der Waals surface area contributed by atoms with Crippen molar-refractivity contribution >= 4 is 40.9 Å². The molecule has 0 saturated heterocycles. The van der Waals surface area contributed by atoms with E-state index in [9.17, 15) is 4.79 Å². The van der Waals surface area contributed by atoms with Crippen molar-refractivity contribution < 1.29 is 13.9 Å². The van der Waals surface area contributed by atoms with Crippen molar-refractivity contribution in [1.82, 2.24) is 4.98 Å². The number of ether oxygens (including phenoxy) is 1. The summed E-state index contributed by atoms with van der Waals surface area (Å²) in [5.74, 6) is -0.479. The maximum Gasteiger partial charge on any atom is 0.342 e. The van der Waals surface area contributed by atoms with Crippen molar-refractivity contribution in [1.29, 1.82) is 0 Å². The molecule has 4 nitrogen and oxygen atoms in total. The minimum absolute atomic E-state index is 0.197. The predicted molar refractivity (Wildman–Crippen MR) is 62.4 cm³/mol. The van der Waals surface area contributed by atoms with Crippen molar-refractivity contribution in [3.8, 4) is 0 Å². The molecule has 1 N–H and O–H groups in total. The van der Waals surface area contributed by atoms with Gasteiger partial charge in [-0.1, -0.05) is 11.6 Å². The van der Waals surface area contributed by atoms with Crippen LogP contribution in [0.15, 0.2) is 16.5 Å². The van der Waals surface area contributed by atoms with E-state index in [4.69, 9.17) is 33.0 Å². The Balaban J connectivity index is 2.67. The summed E-state index contributed by atoms with van der Waals surface area (Å²) in [6, 6.07) is 3.13. The summed E-state index contributed by atoms with van der Waals surface area (Å²) in [6.07, 6.45) is 0. The lowest BCUT2D eigenvalue weighted by Gasteiger charge is -2.02. The smallest absolute Gasteiger partial charge is 0.342 e. The van der Waals surface area contributed by atoms with E-state index in [2.05, 4.69) is 4.98 Å². The van der Waals surface area contributed by atoms with Crippen LogP contribution < -0.4 is 0 Å². The van der Waals surface area contributed by atoms with Crippen LogP contribution in [-0.2, 0) is 4.74 Å². The number of aromatic amines is 1. The van der Waals surface area contributed by atoms with Crippen molar-refractivity contribution in [3.63, 3.8) is 0 Å². The second-order valence-corrected chi connectivity index (χ2v) is 3.87. The molecule has 0 aliphatic rings. The third-order valence-corrected chi connectivity index (χ3v) is 2.38. The van der Waals surface area contributed by atoms with Crippen molar-refractivity contribution in [3.05, 3.63) is 27.6 Å². The summed E-state index contributed by atoms with van der Waals surface area (Å²) < 4.78 is 10.1. The number of carbonyl (C=O) groups excluding carboxylic acids is 1. The number of oxazole rings is 1. The van der Waals surface area contributed by atoms with Crippen LogP contribution in [0, 0.1) is 4.84 Å². The number of fused-ring (bicyclic) bond motifs is 1. The van der Waals surface area contributed by atoms with Crippen LogP contribution in [0.5, 0.6) is 0 Å². The van der Waals surface area contributed by atoms with Gasteiger partial charge in [-0.2, -0.15) is 0 Å². The van der Waals surface area contributed by atoms with Crippen LogP contribution in [0.1, 0.15) is 17.3 Å². The third-order valence-electron chi connectivity index (χ3n) is 1.98. The molecular weight excluding hydrogens is 250 g/mol. The molecule has 1 heterocycles. The Hall–Kier alpha value is -1.33. The molecule has 0 atom stereocenters. The number of nitrogens with one attached hydrogen (secondary N) is 1. The Morgan fingerprint density at radius 3 is 3.06 bits per heavy atom. The van der Waals surface area contributed by atoms with Crippen LogP contribution in [0.2, 0.25) is 5.02 Å². The van der Waals surface area contributed by atoms with Gasteiger partial charge in [0.25, 0.3) is 4.84 Å². The Kier molecular flexibility index (Phi) is 2.98. The zero-order valence-corrected chi connectivity index (χ0v) is 9.95. The molecular formula is C10H8ClNO3S. The number of hydrogen-bond acceptors (Lipinski definition) is 4. The number of aromatic nitrogens is 1. The SMILES string of the molecule is CCOC(=O)c1cc(Cl)cc2[nH]c(=S)oc12. The van der Waals surface area contributed by atoms with Gasteiger partial charge in [0, 0.05) is 5.02 Å². The molecule has 84 valence electrons. The highest BCUT2D eigenvalue weighted by Crippen LogP contribution is 2.24. The summed E-state index contributed by atoms with van der Waals surface area (Å²) in [4.78, 5) is 14.6. The van der Waals surface area contributed by atoms with Gasteiger partial charge in [-0.3, -0.25) is 0 Å². The summed E-state index contributed by atoms with van der Waals surface area (Å²) in [7, 11) is 0. The summed E-state index contributed by atoms with van der Waals surface area (Å²) >= 11 is 10.7. The molecule has 0 aliphatic carbocycles. The average molecular weight is 258 g/mol. The first-order chi connectivity index (χ1) is 7.61. The van der Waals surface area contributed by atoms with Crippen LogP contribution in [0.3, 0.4) is 0 Å². The van der Waals surface area contributed by atoms with Gasteiger partial charge in [0.15, 0.2) is 5.58 Å². The molecule has 0 fully saturated rings. The average Bonchev–Trinajstić information content (AvgIpc) is 2.57. The third kappa shape index (κ3) is 1.96. The fourth-order valence-electron chi connectivity index (χ4n) is 1.39. The molecule has 2 rings (SSSR count). The maximum atomic E-state index is 11.6. The molecule has 0 aliphatic heterocycles. The molecule has 0 amide bonds. The fraction of sp³-hybridized carbons (Fsp3) is 0.200. The van der Waals surface area contributed by atoms with Crippen molar-refractivity contribution in [2.75, 3.05) is 6.61 Å². The summed E-state index contributed by atoms with van der Waals surface area (Å²) in [5, 5.41) is 0.419. The number of halogens is 1. The molecule has 6 heteroatoms. The van der Waals surface area contributed by atoms with E-state index >= 15 is 0 Å². The van der Waals surface area contributed by atoms with E-state index in [0.29, 0.717) is 16.1 Å². The summed E-state index contributed by atoms with van der Waals surface area (Å²) in [5.41, 5.74) is 1.23. The number of esters is 1. The quantitative estimate of drug-likeness (QED) is 0.662. The Labute approximate surface area is 101 Å². The van der Waals surface area contributed by atoms with Crippen LogP contribution in [0.25, 0.3) is 11.1 Å². The number of hydrogen-bond donors (Lipinski definition) is 1. The fourth-order valence-corrected chi connectivity index (χ4v) is 1.80. The molecule has 2 aromatic rings. The lowest BCUT2D eigenvalue weighted by Crippen LogP contribution is -2.04. The molecule has 1 aromatic heterocycles. The van der Waals surface area contributed by atoms with Gasteiger partial charge >= 0.3 is 5.97 Å². The van der Waals surface area contributed by atoms with Crippen LogP contribution in [0.4, 0.5) is 0 Å². The first-order valence-electron chi connectivity index (χ1n) is 4.61. The van der Waals surface area contributed by atoms with Crippen molar-refractivity contribution in [2.24, 2.45) is 0 Å². The first kappa shape index (κ1) is 11.2. The molecule has 0 unspecified atom stereocenters. The predicted octanol–water partition coefficient (Wildman–Crippen LogP) is 3.32. The lowest BCUT2D eigenvalue weighted by atomic mass is 10.2. The monoisotopic (exact) mass is 257 g/mol. The highest BCUT2D eigenvalue weighted by molar-refractivity contribution is 7.71. The zero-order valence-electron chi connectivity index (χ0n) is 8.37. The molecule has 0 bridgehead atoms. The Morgan fingerprint density at radius 1 is 1.62 bits per heavy atom. The van der Waals surface area contributed by atoms with E-state index in [1.807, 2.05) is 0 Å². The number of H-pyrrole nitrogens is 1. The van der Waals surface area contributed by atoms with Crippen LogP contribution >= 0.6 is 23.8 Å². The van der Waals surface area contributed by atoms with Crippen LogP contribution in [-0.4, -0.2) is 17.6 Å². The second kappa shape index (κ2) is 4.27. The molecule has 1 aromatic carbocycles. The standard InChI is InChI=1S/C10H8ClNO3S/c1-2-14-9(13)6-3-5(11)4-7-8(6)15-10(16)12-7/h3-4H,2H2,1H3,(H,12,16). The van der Waals surface area contributed by atoms with Gasteiger partial charge in [-0.25, -0.2) is 4.79 Å². The Bertz CT molecular complexity index is 602. The topological polar surface area (TPSA) is 55.2 Å². The molecule has 0 saturated carbocycles. The van der Waals surface area contributed by atoms with Gasteiger partial charge in [-0.05, 0) is 31.3 Å². The maximum absolute atomic E-state index is 11.6. The molecule has 0 spiro atoms. The van der Waals surface area contributed by atoms with Gasteiger partial charge in [-0.15, -0.1) is 0 Å². The highest BCUT2D eigenvalue weighted by Gasteiger charge is 2.15. The van der Waals surface area contributed by atoms with E-state index in [0.717, 1.165) is 0 Å². The Morgan fingerprint density at radius 2 is 2.38 bits per heavy atom. The largest absolute Gasteiger partial charge is 0.462 e. The second-order valence-electron chi connectivity index (χ2n) is 3.07. The minimum Gasteiger partial charge on any atom is -0.462 e. The first-order valence-corrected chi connectivity index (χ1v) is 5.40. The molecule has 0 radical (unpaired) electrons. The van der Waals surface area contributed by atoms with E-state index in [1.165, 1.54) is 6.07 Å². The van der Waals surface area contributed by atoms with E-state index in [1.54, 1.807) is 13.0 Å². The van der Waals surface area contributed by atoms with E-state index < -0.39 is 5.97 Å². The van der Waals surface area contributed by atoms with Gasteiger partial charge < -0.3 is 14.1 Å². The number of benzene rings is 1. The van der Waals surface area contributed by atoms with Crippen molar-refractivity contribution in [2.45, 2.75) is 6.92 Å². The van der Waals surface area contributed by atoms with Gasteiger partial charge in [0.2, 0.25) is 0 Å². The number of rotatable bonds is 2. The lowest BCUT2D eigenvalue weighted by molar-refractivity contribution is 0.0527. The normalized spacial score (nSPS) is 10.6. The zero-order chi connectivity index (χ0) is 11.7. The minimum atomic E-state index is -0.479.